The number of pyridine rings is 2. The lowest BCUT2D eigenvalue weighted by Gasteiger charge is -2.29. The first-order valence-corrected chi connectivity index (χ1v) is 12.7. The van der Waals surface area contributed by atoms with Crippen LogP contribution in [0, 0.1) is 5.92 Å². The normalized spacial score (nSPS) is 19.0. The monoisotopic (exact) mass is 490 g/mol. The number of carbonyl (C=O) groups excluding carboxylic acids is 1. The maximum absolute atomic E-state index is 13.1. The van der Waals surface area contributed by atoms with Crippen LogP contribution in [-0.4, -0.2) is 72.3 Å². The molecule has 0 spiro atoms. The topological polar surface area (TPSA) is 76.9 Å². The molecule has 5 rings (SSSR count). The number of hydrogen-bond acceptors (Lipinski definition) is 7. The Morgan fingerprint density at radius 1 is 1.14 bits per heavy atom. The molecule has 2 aromatic heterocycles. The number of piperidine rings is 1. The molecule has 0 aliphatic carbocycles. The number of fused-ring (bicyclic) bond motifs is 2. The van der Waals surface area contributed by atoms with Gasteiger partial charge in [0.05, 0.1) is 19.2 Å². The SMILES string of the molecule is COC(=O)c1c(OCC2CCCN(C)C2)cc(=O)n2c1CCN(Cc1cccc3ncccc13)CC2. The van der Waals surface area contributed by atoms with Gasteiger partial charge in [-0.3, -0.25) is 14.7 Å². The van der Waals surface area contributed by atoms with Gasteiger partial charge < -0.3 is 18.9 Å². The van der Waals surface area contributed by atoms with Crippen molar-refractivity contribution >= 4 is 16.9 Å². The number of carbonyl (C=O) groups is 1. The average molecular weight is 491 g/mol. The first kappa shape index (κ1) is 24.5. The number of likely N-dealkylation sites (tertiary alicyclic amines) is 1. The highest BCUT2D eigenvalue weighted by atomic mass is 16.5. The van der Waals surface area contributed by atoms with Gasteiger partial charge in [-0.15, -0.1) is 0 Å². The minimum atomic E-state index is -0.455. The molecule has 1 atom stereocenters. The van der Waals surface area contributed by atoms with Crippen LogP contribution in [0.25, 0.3) is 10.9 Å². The van der Waals surface area contributed by atoms with Crippen molar-refractivity contribution in [2.75, 3.05) is 46.9 Å². The van der Waals surface area contributed by atoms with E-state index in [9.17, 15) is 9.59 Å². The van der Waals surface area contributed by atoms with Crippen LogP contribution in [0.1, 0.15) is 34.5 Å². The molecular formula is C28H34N4O4. The van der Waals surface area contributed by atoms with Crippen LogP contribution in [0.5, 0.6) is 5.75 Å². The molecule has 0 saturated carbocycles. The molecule has 3 aromatic rings. The van der Waals surface area contributed by atoms with E-state index in [4.69, 9.17) is 9.47 Å². The Morgan fingerprint density at radius 2 is 2.03 bits per heavy atom. The molecule has 8 heteroatoms. The van der Waals surface area contributed by atoms with Crippen molar-refractivity contribution in [3.63, 3.8) is 0 Å². The largest absolute Gasteiger partial charge is 0.492 e. The Kier molecular flexibility index (Phi) is 7.34. The number of benzene rings is 1. The van der Waals surface area contributed by atoms with E-state index in [0.29, 0.717) is 49.0 Å². The molecule has 4 heterocycles. The van der Waals surface area contributed by atoms with Gasteiger partial charge in [0.1, 0.15) is 11.3 Å². The number of nitrogens with zero attached hydrogens (tertiary/aromatic N) is 4. The summed E-state index contributed by atoms with van der Waals surface area (Å²) in [6.07, 6.45) is 4.58. The van der Waals surface area contributed by atoms with Gasteiger partial charge in [0, 0.05) is 68.4 Å². The highest BCUT2D eigenvalue weighted by Gasteiger charge is 2.27. The van der Waals surface area contributed by atoms with Crippen molar-refractivity contribution in [3.05, 3.63) is 69.8 Å². The summed E-state index contributed by atoms with van der Waals surface area (Å²) in [6, 6.07) is 11.7. The van der Waals surface area contributed by atoms with E-state index in [1.54, 1.807) is 4.57 Å². The fourth-order valence-electron chi connectivity index (χ4n) is 5.55. The van der Waals surface area contributed by atoms with Gasteiger partial charge in [-0.1, -0.05) is 18.2 Å². The number of esters is 1. The third kappa shape index (κ3) is 5.15. The van der Waals surface area contributed by atoms with Crippen LogP contribution in [0.15, 0.2) is 47.4 Å². The number of methoxy groups -OCH3 is 1. The van der Waals surface area contributed by atoms with E-state index in [1.807, 2.05) is 24.4 Å². The maximum atomic E-state index is 13.1. The molecule has 8 nitrogen and oxygen atoms in total. The fraction of sp³-hybridized carbons (Fsp3) is 0.464. The number of ether oxygens (including phenoxy) is 2. The van der Waals surface area contributed by atoms with Crippen LogP contribution < -0.4 is 10.3 Å². The van der Waals surface area contributed by atoms with Crippen molar-refractivity contribution in [1.82, 2.24) is 19.4 Å². The molecule has 2 aliphatic rings. The van der Waals surface area contributed by atoms with Gasteiger partial charge in [0.15, 0.2) is 0 Å². The lowest BCUT2D eigenvalue weighted by atomic mass is 9.99. The lowest BCUT2D eigenvalue weighted by Crippen LogP contribution is -2.35. The second kappa shape index (κ2) is 10.8. The average Bonchev–Trinajstić information content (AvgIpc) is 3.10. The van der Waals surface area contributed by atoms with Crippen LogP contribution in [0.4, 0.5) is 0 Å². The predicted octanol–water partition coefficient (Wildman–Crippen LogP) is 2.96. The van der Waals surface area contributed by atoms with E-state index >= 15 is 0 Å². The summed E-state index contributed by atoms with van der Waals surface area (Å²) in [5.74, 6) is 0.268. The third-order valence-electron chi connectivity index (χ3n) is 7.40. The molecule has 1 saturated heterocycles. The van der Waals surface area contributed by atoms with Gasteiger partial charge in [0.2, 0.25) is 0 Å². The Morgan fingerprint density at radius 3 is 2.86 bits per heavy atom. The van der Waals surface area contributed by atoms with Crippen LogP contribution >= 0.6 is 0 Å². The van der Waals surface area contributed by atoms with Crippen LogP contribution in [0.2, 0.25) is 0 Å². The van der Waals surface area contributed by atoms with Crippen molar-refractivity contribution in [1.29, 1.82) is 0 Å². The summed E-state index contributed by atoms with van der Waals surface area (Å²) in [6.45, 7) is 5.22. The fourth-order valence-corrected chi connectivity index (χ4v) is 5.55. The molecule has 36 heavy (non-hydrogen) atoms. The molecule has 0 N–H and O–H groups in total. The first-order chi connectivity index (χ1) is 17.5. The second-order valence-corrected chi connectivity index (χ2v) is 9.91. The van der Waals surface area contributed by atoms with Gasteiger partial charge in [0.25, 0.3) is 5.56 Å². The quantitative estimate of drug-likeness (QED) is 0.492. The van der Waals surface area contributed by atoms with Crippen molar-refractivity contribution in [2.45, 2.75) is 32.4 Å². The molecule has 0 amide bonds. The van der Waals surface area contributed by atoms with E-state index in [2.05, 4.69) is 34.0 Å². The van der Waals surface area contributed by atoms with E-state index < -0.39 is 5.97 Å². The third-order valence-corrected chi connectivity index (χ3v) is 7.40. The zero-order valence-electron chi connectivity index (χ0n) is 21.1. The lowest BCUT2D eigenvalue weighted by molar-refractivity contribution is 0.0590. The summed E-state index contributed by atoms with van der Waals surface area (Å²) < 4.78 is 13.0. The highest BCUT2D eigenvalue weighted by molar-refractivity contribution is 5.93. The Hall–Kier alpha value is -3.23. The van der Waals surface area contributed by atoms with Gasteiger partial charge in [-0.25, -0.2) is 4.79 Å². The summed E-state index contributed by atoms with van der Waals surface area (Å²) in [4.78, 5) is 35.1. The van der Waals surface area contributed by atoms with Gasteiger partial charge in [-0.05, 0) is 44.1 Å². The molecular weight excluding hydrogens is 456 g/mol. The first-order valence-electron chi connectivity index (χ1n) is 12.7. The smallest absolute Gasteiger partial charge is 0.343 e. The zero-order chi connectivity index (χ0) is 25.1. The van der Waals surface area contributed by atoms with Crippen molar-refractivity contribution in [3.8, 4) is 5.75 Å². The molecule has 1 aromatic carbocycles. The van der Waals surface area contributed by atoms with Gasteiger partial charge >= 0.3 is 5.97 Å². The zero-order valence-corrected chi connectivity index (χ0v) is 21.1. The molecule has 190 valence electrons. The second-order valence-electron chi connectivity index (χ2n) is 9.91. The van der Waals surface area contributed by atoms with Crippen molar-refractivity contribution < 1.29 is 14.3 Å². The summed E-state index contributed by atoms with van der Waals surface area (Å²) >= 11 is 0. The Balaban J connectivity index is 1.38. The number of aromatic nitrogens is 2. The number of rotatable bonds is 6. The maximum Gasteiger partial charge on any atom is 0.343 e. The molecule has 1 fully saturated rings. The minimum Gasteiger partial charge on any atom is -0.492 e. The van der Waals surface area contributed by atoms with E-state index in [-0.39, 0.29) is 5.56 Å². The Bertz CT molecular complexity index is 1300. The molecule has 1 unspecified atom stereocenters. The Labute approximate surface area is 211 Å². The highest BCUT2D eigenvalue weighted by Crippen LogP contribution is 2.26. The van der Waals surface area contributed by atoms with Crippen LogP contribution in [0.3, 0.4) is 0 Å². The van der Waals surface area contributed by atoms with E-state index in [1.165, 1.54) is 18.7 Å². The minimum absolute atomic E-state index is 0.135. The standard InChI is InChI=1S/C28H34N4O4/c1-30-12-5-6-20(17-30)19-36-25-16-26(33)32-15-14-31(13-10-24(32)27(25)28(34)35-2)18-21-7-3-9-23-22(21)8-4-11-29-23/h3-4,7-9,11,16,20H,5-6,10,12-15,17-19H2,1-2H3. The van der Waals surface area contributed by atoms with E-state index in [0.717, 1.165) is 49.9 Å². The molecule has 0 bridgehead atoms. The number of hydrogen-bond donors (Lipinski definition) is 0. The molecule has 0 radical (unpaired) electrons. The van der Waals surface area contributed by atoms with Gasteiger partial charge in [-0.2, -0.15) is 0 Å². The predicted molar refractivity (Wildman–Crippen MR) is 138 cm³/mol. The summed E-state index contributed by atoms with van der Waals surface area (Å²) in [5, 5.41) is 1.14. The van der Waals surface area contributed by atoms with Crippen LogP contribution in [-0.2, 0) is 24.2 Å². The summed E-state index contributed by atoms with van der Waals surface area (Å²) in [7, 11) is 3.49. The van der Waals surface area contributed by atoms with Crippen molar-refractivity contribution in [2.24, 2.45) is 5.92 Å². The summed E-state index contributed by atoms with van der Waals surface area (Å²) in [5.41, 5.74) is 3.13. The molecule has 2 aliphatic heterocycles.